The third-order valence-electron chi connectivity index (χ3n) is 3.18. The van der Waals surface area contributed by atoms with Crippen molar-refractivity contribution in [3.05, 3.63) is 0 Å². The summed E-state index contributed by atoms with van der Waals surface area (Å²) in [5.41, 5.74) is 0. The second-order valence-electron chi connectivity index (χ2n) is 5.17. The monoisotopic (exact) mass is 229 g/mol. The summed E-state index contributed by atoms with van der Waals surface area (Å²) in [7, 11) is 0. The van der Waals surface area contributed by atoms with Crippen LogP contribution in [0.25, 0.3) is 0 Å². The van der Waals surface area contributed by atoms with Gasteiger partial charge in [0.2, 0.25) is 5.91 Å². The van der Waals surface area contributed by atoms with E-state index >= 15 is 0 Å². The molecule has 0 bridgehead atoms. The molecule has 15 heavy (non-hydrogen) atoms. The molecular formula is C12H23NOS. The highest BCUT2D eigenvalue weighted by molar-refractivity contribution is 7.81. The number of amides is 1. The van der Waals surface area contributed by atoms with Gasteiger partial charge in [0.1, 0.15) is 0 Å². The van der Waals surface area contributed by atoms with E-state index < -0.39 is 0 Å². The topological polar surface area (TPSA) is 29.1 Å². The zero-order chi connectivity index (χ0) is 11.4. The third kappa shape index (κ3) is 4.06. The molecule has 88 valence electrons. The van der Waals surface area contributed by atoms with Gasteiger partial charge in [0.05, 0.1) is 5.25 Å². The maximum atomic E-state index is 11.8. The Bertz CT molecular complexity index is 218. The average Bonchev–Trinajstić information content (AvgIpc) is 2.16. The van der Waals surface area contributed by atoms with Crippen LogP contribution < -0.4 is 5.32 Å². The maximum absolute atomic E-state index is 11.8. The van der Waals surface area contributed by atoms with Crippen LogP contribution in [0, 0.1) is 11.8 Å². The summed E-state index contributed by atoms with van der Waals surface area (Å²) in [6.07, 6.45) is 4.81. The summed E-state index contributed by atoms with van der Waals surface area (Å²) < 4.78 is 0. The number of carbonyl (C=O) groups is 1. The molecule has 0 aliphatic heterocycles. The van der Waals surface area contributed by atoms with Crippen molar-refractivity contribution < 1.29 is 4.79 Å². The van der Waals surface area contributed by atoms with E-state index in [-0.39, 0.29) is 11.2 Å². The Hall–Kier alpha value is -0.180. The first-order chi connectivity index (χ1) is 7.00. The Morgan fingerprint density at radius 1 is 1.40 bits per heavy atom. The van der Waals surface area contributed by atoms with Crippen LogP contribution in [0.3, 0.4) is 0 Å². The number of nitrogens with one attached hydrogen (secondary N) is 1. The minimum absolute atomic E-state index is 0.104. The van der Waals surface area contributed by atoms with E-state index in [4.69, 9.17) is 0 Å². The molecule has 0 saturated heterocycles. The first kappa shape index (κ1) is 12.9. The quantitative estimate of drug-likeness (QED) is 0.716. The number of hydrogen-bond donors (Lipinski definition) is 2. The Balaban J connectivity index is 2.37. The minimum Gasteiger partial charge on any atom is -0.352 e. The maximum Gasteiger partial charge on any atom is 0.233 e. The summed E-state index contributed by atoms with van der Waals surface area (Å²) in [5.74, 6) is 1.16. The number of hydrogen-bond acceptors (Lipinski definition) is 2. The Kier molecular flexibility index (Phi) is 4.97. The van der Waals surface area contributed by atoms with Gasteiger partial charge >= 0.3 is 0 Å². The van der Waals surface area contributed by atoms with E-state index in [0.717, 1.165) is 18.8 Å². The molecule has 1 rings (SSSR count). The molecule has 3 atom stereocenters. The van der Waals surface area contributed by atoms with Crippen LogP contribution in [0.5, 0.6) is 0 Å². The highest BCUT2D eigenvalue weighted by atomic mass is 32.1. The normalized spacial score (nSPS) is 28.9. The third-order valence-corrected chi connectivity index (χ3v) is 4.01. The molecule has 3 unspecified atom stereocenters. The molecule has 1 amide bonds. The molecule has 0 radical (unpaired) electrons. The van der Waals surface area contributed by atoms with E-state index in [1.54, 1.807) is 0 Å². The molecule has 1 fully saturated rings. The smallest absolute Gasteiger partial charge is 0.233 e. The molecule has 1 N–H and O–H groups in total. The van der Waals surface area contributed by atoms with E-state index in [0.29, 0.717) is 12.0 Å². The molecule has 0 spiro atoms. The van der Waals surface area contributed by atoms with Crippen molar-refractivity contribution in [1.29, 1.82) is 0 Å². The Morgan fingerprint density at radius 3 is 2.60 bits per heavy atom. The Labute approximate surface area is 98.6 Å². The van der Waals surface area contributed by atoms with Crippen molar-refractivity contribution in [3.8, 4) is 0 Å². The van der Waals surface area contributed by atoms with E-state index in [1.165, 1.54) is 12.8 Å². The molecule has 0 aromatic heterocycles. The number of carbonyl (C=O) groups excluding carboxylic acids is 1. The van der Waals surface area contributed by atoms with E-state index in [2.05, 4.69) is 24.9 Å². The van der Waals surface area contributed by atoms with Gasteiger partial charge in [0.15, 0.2) is 0 Å². The van der Waals surface area contributed by atoms with Gasteiger partial charge in [0.25, 0.3) is 0 Å². The summed E-state index contributed by atoms with van der Waals surface area (Å²) in [4.78, 5) is 11.8. The van der Waals surface area contributed by atoms with Gasteiger partial charge < -0.3 is 5.32 Å². The highest BCUT2D eigenvalue weighted by Gasteiger charge is 2.24. The van der Waals surface area contributed by atoms with Crippen molar-refractivity contribution >= 4 is 18.5 Å². The van der Waals surface area contributed by atoms with Gasteiger partial charge in [-0.2, -0.15) is 12.6 Å². The summed E-state index contributed by atoms with van der Waals surface area (Å²) >= 11 is 4.33. The fourth-order valence-corrected chi connectivity index (χ4v) is 2.23. The summed E-state index contributed by atoms with van der Waals surface area (Å²) in [5, 5.41) is 2.95. The van der Waals surface area contributed by atoms with Gasteiger partial charge in [-0.25, -0.2) is 0 Å². The number of thiol groups is 1. The van der Waals surface area contributed by atoms with E-state index in [1.807, 2.05) is 13.8 Å². The average molecular weight is 229 g/mol. The van der Waals surface area contributed by atoms with Crippen LogP contribution in [0.4, 0.5) is 0 Å². The van der Waals surface area contributed by atoms with Gasteiger partial charge in [0, 0.05) is 6.04 Å². The SMILES string of the molecule is CC1CCCC(NC(=O)C(S)C(C)C)C1. The first-order valence-corrected chi connectivity index (χ1v) is 6.50. The van der Waals surface area contributed by atoms with Crippen LogP contribution in [-0.4, -0.2) is 17.2 Å². The minimum atomic E-state index is -0.165. The lowest BCUT2D eigenvalue weighted by atomic mass is 9.87. The predicted octanol–water partition coefficient (Wildman–Crippen LogP) is 2.64. The Morgan fingerprint density at radius 2 is 2.07 bits per heavy atom. The van der Waals surface area contributed by atoms with E-state index in [9.17, 15) is 4.79 Å². The molecule has 0 heterocycles. The van der Waals surface area contributed by atoms with Crippen molar-refractivity contribution in [2.24, 2.45) is 11.8 Å². The van der Waals surface area contributed by atoms with Crippen LogP contribution in [0.2, 0.25) is 0 Å². The fraction of sp³-hybridized carbons (Fsp3) is 0.917. The van der Waals surface area contributed by atoms with Gasteiger partial charge in [-0.1, -0.05) is 33.6 Å². The molecule has 0 aromatic rings. The fourth-order valence-electron chi connectivity index (χ4n) is 2.15. The van der Waals surface area contributed by atoms with Crippen LogP contribution in [0.1, 0.15) is 46.5 Å². The van der Waals surface area contributed by atoms with Crippen molar-refractivity contribution in [2.45, 2.75) is 57.7 Å². The molecule has 0 aromatic carbocycles. The molecular weight excluding hydrogens is 206 g/mol. The zero-order valence-corrected chi connectivity index (χ0v) is 10.9. The zero-order valence-electron chi connectivity index (χ0n) is 9.99. The first-order valence-electron chi connectivity index (χ1n) is 5.99. The van der Waals surface area contributed by atoms with Crippen molar-refractivity contribution in [1.82, 2.24) is 5.32 Å². The lowest BCUT2D eigenvalue weighted by molar-refractivity contribution is -0.122. The van der Waals surface area contributed by atoms with Crippen LogP contribution in [-0.2, 0) is 4.79 Å². The lowest BCUT2D eigenvalue weighted by Gasteiger charge is -2.28. The molecule has 1 aliphatic carbocycles. The van der Waals surface area contributed by atoms with Crippen LogP contribution in [0.15, 0.2) is 0 Å². The second kappa shape index (κ2) is 5.78. The molecule has 1 saturated carbocycles. The summed E-state index contributed by atoms with van der Waals surface area (Å²) in [6, 6.07) is 0.384. The largest absolute Gasteiger partial charge is 0.352 e. The number of rotatable bonds is 3. The molecule has 2 nitrogen and oxygen atoms in total. The standard InChI is InChI=1S/C12H23NOS/c1-8(2)11(15)12(14)13-10-6-4-5-9(3)7-10/h8-11,15H,4-7H2,1-3H3,(H,13,14). The van der Waals surface area contributed by atoms with Gasteiger partial charge in [-0.15, -0.1) is 0 Å². The van der Waals surface area contributed by atoms with Gasteiger partial charge in [-0.3, -0.25) is 4.79 Å². The van der Waals surface area contributed by atoms with Crippen molar-refractivity contribution in [2.75, 3.05) is 0 Å². The van der Waals surface area contributed by atoms with Gasteiger partial charge in [-0.05, 0) is 24.7 Å². The highest BCUT2D eigenvalue weighted by Crippen LogP contribution is 2.23. The predicted molar refractivity (Wildman–Crippen MR) is 67.2 cm³/mol. The molecule has 1 aliphatic rings. The van der Waals surface area contributed by atoms with Crippen molar-refractivity contribution in [3.63, 3.8) is 0 Å². The van der Waals surface area contributed by atoms with Crippen LogP contribution >= 0.6 is 12.6 Å². The lowest BCUT2D eigenvalue weighted by Crippen LogP contribution is -2.43. The summed E-state index contributed by atoms with van der Waals surface area (Å²) in [6.45, 7) is 6.32. The second-order valence-corrected chi connectivity index (χ2v) is 5.72. The molecule has 3 heteroatoms.